The van der Waals surface area contributed by atoms with Crippen molar-refractivity contribution in [2.24, 2.45) is 0 Å². The highest BCUT2D eigenvalue weighted by Crippen LogP contribution is 2.36. The van der Waals surface area contributed by atoms with E-state index in [0.717, 1.165) is 17.1 Å². The number of hydrogen-bond acceptors (Lipinski definition) is 4. The summed E-state index contributed by atoms with van der Waals surface area (Å²) in [6.45, 7) is 2.09. The molecule has 2 aromatic rings. The molecular weight excluding hydrogens is 242 g/mol. The molecule has 3 rings (SSSR count). The van der Waals surface area contributed by atoms with Gasteiger partial charge in [-0.05, 0) is 50.9 Å². The van der Waals surface area contributed by atoms with Gasteiger partial charge in [0, 0.05) is 11.1 Å². The van der Waals surface area contributed by atoms with Gasteiger partial charge in [0.1, 0.15) is 5.01 Å². The third-order valence-electron chi connectivity index (χ3n) is 3.44. The Labute approximate surface area is 111 Å². The highest BCUT2D eigenvalue weighted by Gasteiger charge is 2.24. The molecule has 3 nitrogen and oxygen atoms in total. The van der Waals surface area contributed by atoms with Gasteiger partial charge in [-0.2, -0.15) is 0 Å². The van der Waals surface area contributed by atoms with E-state index in [4.69, 9.17) is 4.98 Å². The lowest BCUT2D eigenvalue weighted by Crippen LogP contribution is -2.21. The van der Waals surface area contributed by atoms with E-state index < -0.39 is 0 Å². The van der Waals surface area contributed by atoms with Crippen molar-refractivity contribution >= 4 is 11.3 Å². The fraction of sp³-hybridized carbons (Fsp3) is 0.429. The first-order valence-corrected chi connectivity index (χ1v) is 7.19. The van der Waals surface area contributed by atoms with Gasteiger partial charge in [-0.1, -0.05) is 0 Å². The summed E-state index contributed by atoms with van der Waals surface area (Å²) in [5, 5.41) is 4.42. The maximum Gasteiger partial charge on any atom is 0.142 e. The number of hydrogen-bond donors (Lipinski definition) is 1. The number of fused-ring (bicyclic) bond motifs is 1. The van der Waals surface area contributed by atoms with E-state index in [1.807, 2.05) is 19.3 Å². The number of nitrogens with one attached hydrogen (secondary N) is 1. The quantitative estimate of drug-likeness (QED) is 0.900. The first-order valence-electron chi connectivity index (χ1n) is 6.38. The molecule has 0 saturated carbocycles. The van der Waals surface area contributed by atoms with Crippen LogP contribution in [-0.4, -0.2) is 17.0 Å². The molecule has 0 saturated heterocycles. The Morgan fingerprint density at radius 3 is 3.11 bits per heavy atom. The van der Waals surface area contributed by atoms with Gasteiger partial charge in [0.05, 0.1) is 17.4 Å². The average molecular weight is 259 g/mol. The third-order valence-corrected chi connectivity index (χ3v) is 4.59. The molecule has 2 aromatic heterocycles. The number of pyridine rings is 1. The van der Waals surface area contributed by atoms with Crippen molar-refractivity contribution in [3.8, 4) is 10.7 Å². The Balaban J connectivity index is 2.02. The molecule has 1 unspecified atom stereocenters. The number of aromatic nitrogens is 2. The van der Waals surface area contributed by atoms with Crippen molar-refractivity contribution < 1.29 is 0 Å². The minimum absolute atomic E-state index is 0.420. The normalized spacial score (nSPS) is 18.7. The maximum absolute atomic E-state index is 4.81. The van der Waals surface area contributed by atoms with Crippen LogP contribution in [0.25, 0.3) is 10.7 Å². The Kier molecular flexibility index (Phi) is 3.14. The predicted molar refractivity (Wildman–Crippen MR) is 74.8 cm³/mol. The lowest BCUT2D eigenvalue weighted by Gasteiger charge is -2.19. The monoisotopic (exact) mass is 259 g/mol. The van der Waals surface area contributed by atoms with Crippen LogP contribution in [-0.2, 0) is 6.42 Å². The molecule has 0 fully saturated rings. The van der Waals surface area contributed by atoms with E-state index in [1.54, 1.807) is 11.3 Å². The Bertz CT molecular complexity index is 562. The van der Waals surface area contributed by atoms with Gasteiger partial charge < -0.3 is 5.32 Å². The number of aryl methyl sites for hydroxylation is 2. The SMILES string of the molecule is CNC1CCCc2sc(-c3cc(C)ccn3)nc21. The topological polar surface area (TPSA) is 37.8 Å². The van der Waals surface area contributed by atoms with E-state index in [-0.39, 0.29) is 0 Å². The van der Waals surface area contributed by atoms with E-state index in [2.05, 4.69) is 23.3 Å². The highest BCUT2D eigenvalue weighted by atomic mass is 32.1. The summed E-state index contributed by atoms with van der Waals surface area (Å²) in [4.78, 5) is 10.7. The summed E-state index contributed by atoms with van der Waals surface area (Å²) >= 11 is 1.80. The molecule has 1 aliphatic rings. The molecule has 0 aromatic carbocycles. The fourth-order valence-electron chi connectivity index (χ4n) is 2.46. The van der Waals surface area contributed by atoms with Crippen molar-refractivity contribution in [3.63, 3.8) is 0 Å². The second-order valence-corrected chi connectivity index (χ2v) is 5.86. The number of rotatable bonds is 2. The van der Waals surface area contributed by atoms with Crippen LogP contribution in [0.5, 0.6) is 0 Å². The molecule has 1 aliphatic carbocycles. The summed E-state index contributed by atoms with van der Waals surface area (Å²) < 4.78 is 0. The smallest absolute Gasteiger partial charge is 0.142 e. The second-order valence-electron chi connectivity index (χ2n) is 4.78. The van der Waals surface area contributed by atoms with Crippen molar-refractivity contribution in [2.75, 3.05) is 7.05 Å². The molecule has 0 spiro atoms. The van der Waals surface area contributed by atoms with Gasteiger partial charge in [0.25, 0.3) is 0 Å². The maximum atomic E-state index is 4.81. The summed E-state index contributed by atoms with van der Waals surface area (Å²) in [7, 11) is 2.02. The zero-order valence-corrected chi connectivity index (χ0v) is 11.5. The number of thiazole rings is 1. The van der Waals surface area contributed by atoms with Crippen LogP contribution in [0.15, 0.2) is 18.3 Å². The van der Waals surface area contributed by atoms with E-state index in [0.29, 0.717) is 6.04 Å². The van der Waals surface area contributed by atoms with Gasteiger partial charge >= 0.3 is 0 Å². The third kappa shape index (κ3) is 2.06. The van der Waals surface area contributed by atoms with Crippen molar-refractivity contribution in [1.29, 1.82) is 0 Å². The predicted octanol–water partition coefficient (Wildman–Crippen LogP) is 3.11. The van der Waals surface area contributed by atoms with Crippen LogP contribution in [0.1, 0.15) is 35.0 Å². The summed E-state index contributed by atoms with van der Waals surface area (Å²) in [6, 6.07) is 4.55. The Morgan fingerprint density at radius 1 is 1.44 bits per heavy atom. The average Bonchev–Trinajstić information content (AvgIpc) is 2.82. The lowest BCUT2D eigenvalue weighted by atomic mass is 9.98. The zero-order chi connectivity index (χ0) is 12.5. The van der Waals surface area contributed by atoms with E-state index in [9.17, 15) is 0 Å². The van der Waals surface area contributed by atoms with Gasteiger partial charge in [0.2, 0.25) is 0 Å². The minimum atomic E-state index is 0.420. The second kappa shape index (κ2) is 4.78. The molecule has 94 valence electrons. The molecule has 0 radical (unpaired) electrons. The van der Waals surface area contributed by atoms with Gasteiger partial charge in [-0.3, -0.25) is 4.98 Å². The van der Waals surface area contributed by atoms with Gasteiger partial charge in [-0.15, -0.1) is 11.3 Å². The Hall–Kier alpha value is -1.26. The van der Waals surface area contributed by atoms with Crippen LogP contribution >= 0.6 is 11.3 Å². The molecule has 0 amide bonds. The molecule has 1 atom stereocenters. The first kappa shape index (κ1) is 11.8. The van der Waals surface area contributed by atoms with Gasteiger partial charge in [0.15, 0.2) is 0 Å². The molecule has 2 heterocycles. The lowest BCUT2D eigenvalue weighted by molar-refractivity contribution is 0.490. The van der Waals surface area contributed by atoms with Crippen molar-refractivity contribution in [3.05, 3.63) is 34.5 Å². The van der Waals surface area contributed by atoms with Crippen LogP contribution in [0.2, 0.25) is 0 Å². The Morgan fingerprint density at radius 2 is 2.33 bits per heavy atom. The summed E-state index contributed by atoms with van der Waals surface area (Å²) in [5.41, 5.74) is 3.48. The minimum Gasteiger partial charge on any atom is -0.312 e. The van der Waals surface area contributed by atoms with Crippen LogP contribution in [0, 0.1) is 6.92 Å². The van der Waals surface area contributed by atoms with Crippen LogP contribution < -0.4 is 5.32 Å². The molecule has 4 heteroatoms. The van der Waals surface area contributed by atoms with Crippen molar-refractivity contribution in [2.45, 2.75) is 32.2 Å². The van der Waals surface area contributed by atoms with E-state index >= 15 is 0 Å². The molecular formula is C14H17N3S. The summed E-state index contributed by atoms with van der Waals surface area (Å²) in [6.07, 6.45) is 5.47. The first-order chi connectivity index (χ1) is 8.78. The highest BCUT2D eigenvalue weighted by molar-refractivity contribution is 7.15. The zero-order valence-electron chi connectivity index (χ0n) is 10.7. The largest absolute Gasteiger partial charge is 0.312 e. The summed E-state index contributed by atoms with van der Waals surface area (Å²) in [5.74, 6) is 0. The molecule has 18 heavy (non-hydrogen) atoms. The van der Waals surface area contributed by atoms with Crippen molar-refractivity contribution in [1.82, 2.24) is 15.3 Å². The molecule has 0 aliphatic heterocycles. The van der Waals surface area contributed by atoms with Gasteiger partial charge in [-0.25, -0.2) is 4.98 Å². The molecule has 1 N–H and O–H groups in total. The van der Waals surface area contributed by atoms with Crippen LogP contribution in [0.4, 0.5) is 0 Å². The fourth-order valence-corrected chi connectivity index (χ4v) is 3.59. The number of nitrogens with zero attached hydrogens (tertiary/aromatic N) is 2. The van der Waals surface area contributed by atoms with E-state index in [1.165, 1.54) is 29.0 Å². The van der Waals surface area contributed by atoms with Crippen LogP contribution in [0.3, 0.4) is 0 Å². The standard InChI is InChI=1S/C14H17N3S/c1-9-6-7-16-11(8-9)14-17-13-10(15-2)4-3-5-12(13)18-14/h6-8,10,15H,3-5H2,1-2H3. The molecule has 0 bridgehead atoms.